The molecular formula is C22H22N2O6. The molecule has 2 unspecified atom stereocenters. The van der Waals surface area contributed by atoms with E-state index in [1.165, 1.54) is 6.92 Å². The summed E-state index contributed by atoms with van der Waals surface area (Å²) in [6.07, 6.45) is -1.12. The maximum absolute atomic E-state index is 13.7. The van der Waals surface area contributed by atoms with E-state index in [1.54, 1.807) is 30.3 Å². The van der Waals surface area contributed by atoms with E-state index in [-0.39, 0.29) is 11.7 Å². The number of hydrogen-bond donors (Lipinski definition) is 2. The van der Waals surface area contributed by atoms with Crippen molar-refractivity contribution in [3.63, 3.8) is 0 Å². The molecule has 2 aromatic rings. The first-order valence-corrected chi connectivity index (χ1v) is 9.57. The predicted molar refractivity (Wildman–Crippen MR) is 106 cm³/mol. The van der Waals surface area contributed by atoms with Crippen LogP contribution in [0, 0.1) is 0 Å². The number of hydrogen-bond acceptors (Lipinski definition) is 7. The van der Waals surface area contributed by atoms with E-state index in [0.717, 1.165) is 5.56 Å². The topological polar surface area (TPSA) is 117 Å². The van der Waals surface area contributed by atoms with Crippen molar-refractivity contribution < 1.29 is 28.7 Å². The number of nitrogens with two attached hydrogens (primary N) is 1. The highest BCUT2D eigenvalue weighted by molar-refractivity contribution is 6.12. The van der Waals surface area contributed by atoms with Gasteiger partial charge in [-0.05, 0) is 17.5 Å². The minimum absolute atomic E-state index is 0.221. The van der Waals surface area contributed by atoms with Crippen LogP contribution >= 0.6 is 0 Å². The quantitative estimate of drug-likeness (QED) is 0.588. The Kier molecular flexibility index (Phi) is 4.54. The molecule has 8 nitrogen and oxygen atoms in total. The second-order valence-electron chi connectivity index (χ2n) is 7.80. The van der Waals surface area contributed by atoms with Crippen LogP contribution in [0.4, 0.5) is 4.79 Å². The maximum Gasteiger partial charge on any atom is 0.527 e. The molecule has 3 N–H and O–H groups in total. The van der Waals surface area contributed by atoms with Crippen molar-refractivity contribution in [1.29, 1.82) is 0 Å². The lowest BCUT2D eigenvalue weighted by Crippen LogP contribution is -2.61. The lowest BCUT2D eigenvalue weighted by atomic mass is 9.76. The van der Waals surface area contributed by atoms with E-state index in [1.807, 2.05) is 26.0 Å². The van der Waals surface area contributed by atoms with Gasteiger partial charge in [-0.15, -0.1) is 0 Å². The van der Waals surface area contributed by atoms with Gasteiger partial charge < -0.3 is 19.6 Å². The standard InChI is InChI=1S/C22H22N2O6/c1-12(2)14-8-9-17-18(10-14)29-21(11-28-20(27)30-23)16-7-5-4-6-15(16)19(26)22(17,21)24-13(3)25/h4-10,12H,11,23H2,1-3H3,(H,24,25). The van der Waals surface area contributed by atoms with Gasteiger partial charge in [-0.1, -0.05) is 50.2 Å². The van der Waals surface area contributed by atoms with Crippen LogP contribution in [0.15, 0.2) is 42.5 Å². The average Bonchev–Trinajstić information content (AvgIpc) is 3.10. The number of ketones is 1. The summed E-state index contributed by atoms with van der Waals surface area (Å²) >= 11 is 0. The summed E-state index contributed by atoms with van der Waals surface area (Å²) in [5, 5.41) is 2.82. The first kappa shape index (κ1) is 19.9. The zero-order valence-electron chi connectivity index (χ0n) is 16.9. The number of nitrogens with one attached hydrogen (secondary N) is 1. The second kappa shape index (κ2) is 6.84. The molecule has 1 heterocycles. The summed E-state index contributed by atoms with van der Waals surface area (Å²) in [6.45, 7) is 5.01. The SMILES string of the molecule is CC(=O)NC12C(=O)c3ccccc3C1(COC(=O)ON)Oc1cc(C(C)C)ccc12. The zero-order chi connectivity index (χ0) is 21.7. The third-order valence-corrected chi connectivity index (χ3v) is 5.77. The zero-order valence-corrected chi connectivity index (χ0v) is 16.9. The van der Waals surface area contributed by atoms with Gasteiger partial charge in [0.25, 0.3) is 0 Å². The fourth-order valence-corrected chi connectivity index (χ4v) is 4.47. The third-order valence-electron chi connectivity index (χ3n) is 5.77. The summed E-state index contributed by atoms with van der Waals surface area (Å²) in [5.74, 6) is 4.82. The smallest absolute Gasteiger partial charge is 0.475 e. The number of ether oxygens (including phenoxy) is 2. The van der Waals surface area contributed by atoms with Gasteiger partial charge in [0.15, 0.2) is 11.3 Å². The van der Waals surface area contributed by atoms with Crippen LogP contribution in [-0.2, 0) is 25.5 Å². The lowest BCUT2D eigenvalue weighted by Gasteiger charge is -2.38. The Labute approximate surface area is 173 Å². The molecule has 2 aliphatic rings. The normalized spacial score (nSPS) is 23.3. The molecule has 0 aromatic heterocycles. The van der Waals surface area contributed by atoms with Crippen LogP contribution in [0.3, 0.4) is 0 Å². The fraction of sp³-hybridized carbons (Fsp3) is 0.318. The second-order valence-corrected chi connectivity index (χ2v) is 7.80. The number of fused-ring (bicyclic) bond motifs is 5. The molecule has 2 atom stereocenters. The highest BCUT2D eigenvalue weighted by atomic mass is 16.8. The van der Waals surface area contributed by atoms with Crippen molar-refractivity contribution in [2.24, 2.45) is 5.90 Å². The number of rotatable bonds is 4. The van der Waals surface area contributed by atoms with Crippen LogP contribution in [0.1, 0.15) is 53.7 Å². The molecule has 8 heteroatoms. The Morgan fingerprint density at radius 1 is 1.17 bits per heavy atom. The molecule has 1 aliphatic carbocycles. The maximum atomic E-state index is 13.7. The van der Waals surface area contributed by atoms with Gasteiger partial charge in [0.05, 0.1) is 0 Å². The largest absolute Gasteiger partial charge is 0.527 e. The van der Waals surface area contributed by atoms with E-state index in [2.05, 4.69) is 10.2 Å². The third kappa shape index (κ3) is 2.53. The summed E-state index contributed by atoms with van der Waals surface area (Å²) < 4.78 is 11.6. The number of carbonyl (C=O) groups excluding carboxylic acids is 3. The van der Waals surface area contributed by atoms with Crippen molar-refractivity contribution in [2.45, 2.75) is 37.8 Å². The molecule has 2 aromatic carbocycles. The van der Waals surface area contributed by atoms with Crippen LogP contribution in [0.25, 0.3) is 0 Å². The number of benzene rings is 2. The van der Waals surface area contributed by atoms with Gasteiger partial charge >= 0.3 is 6.16 Å². The van der Waals surface area contributed by atoms with E-state index in [9.17, 15) is 14.4 Å². The Bertz CT molecular complexity index is 1070. The van der Waals surface area contributed by atoms with Crippen molar-refractivity contribution in [3.8, 4) is 5.75 Å². The minimum Gasteiger partial charge on any atom is -0.475 e. The van der Waals surface area contributed by atoms with E-state index in [4.69, 9.17) is 15.4 Å². The molecule has 156 valence electrons. The Morgan fingerprint density at radius 2 is 1.90 bits per heavy atom. The first-order valence-electron chi connectivity index (χ1n) is 9.57. The predicted octanol–water partition coefficient (Wildman–Crippen LogP) is 2.65. The number of amides is 1. The minimum atomic E-state index is -1.59. The van der Waals surface area contributed by atoms with Crippen molar-refractivity contribution in [3.05, 3.63) is 64.7 Å². The number of carbonyl (C=O) groups is 3. The molecule has 0 saturated heterocycles. The van der Waals surface area contributed by atoms with Crippen molar-refractivity contribution >= 4 is 17.8 Å². The lowest BCUT2D eigenvalue weighted by molar-refractivity contribution is -0.124. The van der Waals surface area contributed by atoms with Crippen LogP contribution in [0.5, 0.6) is 5.75 Å². The van der Waals surface area contributed by atoms with Gasteiger partial charge in [-0.3, -0.25) is 9.59 Å². The molecule has 0 bridgehead atoms. The van der Waals surface area contributed by atoms with Crippen LogP contribution in [0.2, 0.25) is 0 Å². The summed E-state index contributed by atoms with van der Waals surface area (Å²) in [5.41, 5.74) is -0.691. The monoisotopic (exact) mass is 410 g/mol. The van der Waals surface area contributed by atoms with Gasteiger partial charge in [-0.25, -0.2) is 4.79 Å². The fourth-order valence-electron chi connectivity index (χ4n) is 4.47. The van der Waals surface area contributed by atoms with Crippen LogP contribution < -0.4 is 16.0 Å². The molecule has 0 saturated carbocycles. The highest BCUT2D eigenvalue weighted by Crippen LogP contribution is 2.59. The molecule has 4 rings (SSSR count). The van der Waals surface area contributed by atoms with Crippen molar-refractivity contribution in [2.75, 3.05) is 6.61 Å². The Balaban J connectivity index is 1.98. The summed E-state index contributed by atoms with van der Waals surface area (Å²) in [7, 11) is 0. The molecule has 0 fully saturated rings. The molecule has 0 radical (unpaired) electrons. The van der Waals surface area contributed by atoms with Gasteiger partial charge in [-0.2, -0.15) is 5.90 Å². The average molecular weight is 410 g/mol. The molecule has 1 aliphatic heterocycles. The van der Waals surface area contributed by atoms with Gasteiger partial charge in [0.1, 0.15) is 12.4 Å². The van der Waals surface area contributed by atoms with E-state index in [0.29, 0.717) is 22.4 Å². The van der Waals surface area contributed by atoms with Crippen LogP contribution in [-0.4, -0.2) is 24.5 Å². The van der Waals surface area contributed by atoms with E-state index < -0.39 is 29.8 Å². The van der Waals surface area contributed by atoms with Crippen molar-refractivity contribution in [1.82, 2.24) is 5.32 Å². The summed E-state index contributed by atoms with van der Waals surface area (Å²) in [6, 6.07) is 12.4. The molecular weight excluding hydrogens is 388 g/mol. The van der Waals surface area contributed by atoms with Gasteiger partial charge in [0.2, 0.25) is 11.5 Å². The Morgan fingerprint density at radius 3 is 2.57 bits per heavy atom. The number of Topliss-reactive ketones (excluding diaryl/α,β-unsaturated/α-hetero) is 1. The van der Waals surface area contributed by atoms with Gasteiger partial charge in [0, 0.05) is 23.6 Å². The molecule has 0 spiro atoms. The Hall–Kier alpha value is -3.39. The first-order chi connectivity index (χ1) is 14.3. The molecule has 1 amide bonds. The molecule has 30 heavy (non-hydrogen) atoms. The highest BCUT2D eigenvalue weighted by Gasteiger charge is 2.72. The van der Waals surface area contributed by atoms with E-state index >= 15 is 0 Å². The summed E-state index contributed by atoms with van der Waals surface area (Å²) in [4.78, 5) is 41.8.